The topological polar surface area (TPSA) is 26.7 Å². The van der Waals surface area contributed by atoms with E-state index in [-0.39, 0.29) is 6.10 Å². The fraction of sp³-hybridized carbons (Fsp3) is 0.538. The summed E-state index contributed by atoms with van der Waals surface area (Å²) in [5.74, 6) is 0. The highest BCUT2D eigenvalue weighted by Gasteiger charge is 2.21. The molecule has 1 aliphatic heterocycles. The van der Waals surface area contributed by atoms with Gasteiger partial charge in [-0.1, -0.05) is 30.3 Å². The molecule has 0 saturated carbocycles. The molecule has 0 radical (unpaired) electrons. The highest BCUT2D eigenvalue weighted by molar-refractivity contribution is 5.14. The summed E-state index contributed by atoms with van der Waals surface area (Å²) < 4.78 is 0. The van der Waals surface area contributed by atoms with Crippen molar-refractivity contribution >= 4 is 0 Å². The van der Waals surface area contributed by atoms with E-state index in [0.717, 1.165) is 32.5 Å². The number of rotatable bonds is 3. The molecule has 16 heavy (non-hydrogen) atoms. The zero-order chi connectivity index (χ0) is 11.4. The fourth-order valence-corrected chi connectivity index (χ4v) is 2.12. The predicted molar refractivity (Wildman–Crippen MR) is 65.0 cm³/mol. The van der Waals surface area contributed by atoms with Crippen LogP contribution >= 0.6 is 0 Å². The number of benzene rings is 1. The summed E-state index contributed by atoms with van der Waals surface area (Å²) in [5, 5.41) is 14.1. The molecule has 0 aromatic heterocycles. The highest BCUT2D eigenvalue weighted by atomic mass is 16.3. The lowest BCUT2D eigenvalue weighted by Crippen LogP contribution is -2.50. The minimum atomic E-state index is -0.160. The molecule has 0 spiro atoms. The first-order chi connectivity index (χ1) is 7.75. The van der Waals surface area contributed by atoms with E-state index in [4.69, 9.17) is 0 Å². The predicted octanol–water partition coefficient (Wildman–Crippen LogP) is 1.14. The Morgan fingerprint density at radius 3 is 2.81 bits per heavy atom. The van der Waals surface area contributed by atoms with Crippen molar-refractivity contribution in [1.29, 1.82) is 0 Å². The van der Waals surface area contributed by atoms with Gasteiger partial charge in [-0.05, 0) is 18.4 Å². The summed E-state index contributed by atoms with van der Waals surface area (Å²) in [7, 11) is 2.09. The van der Waals surface area contributed by atoms with Gasteiger partial charge in [-0.15, -0.1) is 0 Å². The Balaban J connectivity index is 1.85. The Kier molecular flexibility index (Phi) is 3.93. The van der Waals surface area contributed by atoms with E-state index in [9.17, 15) is 5.11 Å². The van der Waals surface area contributed by atoms with Crippen molar-refractivity contribution < 1.29 is 5.11 Å². The van der Waals surface area contributed by atoms with Gasteiger partial charge < -0.3 is 5.11 Å². The quantitative estimate of drug-likeness (QED) is 0.827. The SMILES string of the molecule is CN1CCC(O)CN1CCc1ccccc1. The molecule has 1 saturated heterocycles. The molecule has 0 bridgehead atoms. The fourth-order valence-electron chi connectivity index (χ4n) is 2.12. The summed E-state index contributed by atoms with van der Waals surface area (Å²) in [6.45, 7) is 2.71. The summed E-state index contributed by atoms with van der Waals surface area (Å²) in [6.07, 6.45) is 1.77. The zero-order valence-corrected chi connectivity index (χ0v) is 9.84. The van der Waals surface area contributed by atoms with Gasteiger partial charge in [0.1, 0.15) is 0 Å². The van der Waals surface area contributed by atoms with E-state index >= 15 is 0 Å². The smallest absolute Gasteiger partial charge is 0.0694 e. The van der Waals surface area contributed by atoms with Crippen molar-refractivity contribution in [2.75, 3.05) is 26.7 Å². The van der Waals surface area contributed by atoms with Gasteiger partial charge in [-0.25, -0.2) is 10.0 Å². The maximum absolute atomic E-state index is 9.63. The van der Waals surface area contributed by atoms with Crippen LogP contribution in [-0.4, -0.2) is 47.9 Å². The molecule has 1 aromatic carbocycles. The van der Waals surface area contributed by atoms with Crippen LogP contribution in [0.1, 0.15) is 12.0 Å². The van der Waals surface area contributed by atoms with E-state index in [1.807, 2.05) is 6.07 Å². The molecular weight excluding hydrogens is 200 g/mol. The average molecular weight is 220 g/mol. The number of aliphatic hydroxyl groups excluding tert-OH is 1. The van der Waals surface area contributed by atoms with Crippen LogP contribution in [0.2, 0.25) is 0 Å². The largest absolute Gasteiger partial charge is 0.392 e. The third-order valence-electron chi connectivity index (χ3n) is 3.19. The average Bonchev–Trinajstić information content (AvgIpc) is 2.32. The second-order valence-electron chi connectivity index (χ2n) is 4.47. The minimum absolute atomic E-state index is 0.160. The Morgan fingerprint density at radius 1 is 1.31 bits per heavy atom. The van der Waals surface area contributed by atoms with Gasteiger partial charge in [-0.3, -0.25) is 0 Å². The molecule has 0 amide bonds. The highest BCUT2D eigenvalue weighted by Crippen LogP contribution is 2.10. The maximum atomic E-state index is 9.63. The summed E-state index contributed by atoms with van der Waals surface area (Å²) in [4.78, 5) is 0. The van der Waals surface area contributed by atoms with Crippen LogP contribution in [0, 0.1) is 0 Å². The normalized spacial score (nSPS) is 23.5. The number of hydrogen-bond donors (Lipinski definition) is 1. The van der Waals surface area contributed by atoms with Crippen LogP contribution in [0.4, 0.5) is 0 Å². The number of aliphatic hydroxyl groups is 1. The number of β-amino-alcohol motifs (C(OH)–C–C–N with tert-alkyl or cyclic N) is 1. The lowest BCUT2D eigenvalue weighted by atomic mass is 10.1. The second kappa shape index (κ2) is 5.43. The number of nitrogens with zero attached hydrogens (tertiary/aromatic N) is 2. The molecule has 1 fully saturated rings. The van der Waals surface area contributed by atoms with Crippen LogP contribution < -0.4 is 0 Å². The van der Waals surface area contributed by atoms with E-state index < -0.39 is 0 Å². The molecule has 3 heteroatoms. The van der Waals surface area contributed by atoms with E-state index in [0.29, 0.717) is 0 Å². The van der Waals surface area contributed by atoms with E-state index in [2.05, 4.69) is 41.3 Å². The van der Waals surface area contributed by atoms with Gasteiger partial charge in [0.2, 0.25) is 0 Å². The zero-order valence-electron chi connectivity index (χ0n) is 9.84. The molecule has 1 heterocycles. The summed E-state index contributed by atoms with van der Waals surface area (Å²) in [6, 6.07) is 10.5. The Morgan fingerprint density at radius 2 is 2.06 bits per heavy atom. The van der Waals surface area contributed by atoms with Crippen molar-refractivity contribution in [1.82, 2.24) is 10.0 Å². The van der Waals surface area contributed by atoms with Crippen molar-refractivity contribution in [3.63, 3.8) is 0 Å². The molecule has 1 atom stereocenters. The molecular formula is C13H20N2O. The van der Waals surface area contributed by atoms with Crippen LogP contribution in [0.3, 0.4) is 0 Å². The Hall–Kier alpha value is -0.900. The molecule has 1 aromatic rings. The standard InChI is InChI=1S/C13H20N2O/c1-14-9-8-13(16)11-15(14)10-7-12-5-3-2-4-6-12/h2-6,13,16H,7-11H2,1H3. The third kappa shape index (κ3) is 3.04. The van der Waals surface area contributed by atoms with Gasteiger partial charge in [0.15, 0.2) is 0 Å². The monoisotopic (exact) mass is 220 g/mol. The van der Waals surface area contributed by atoms with Crippen LogP contribution in [0.25, 0.3) is 0 Å². The summed E-state index contributed by atoms with van der Waals surface area (Å²) >= 11 is 0. The van der Waals surface area contributed by atoms with Crippen molar-refractivity contribution in [3.05, 3.63) is 35.9 Å². The third-order valence-corrected chi connectivity index (χ3v) is 3.19. The molecule has 0 aliphatic carbocycles. The Labute approximate surface area is 97.3 Å². The molecule has 1 unspecified atom stereocenters. The van der Waals surface area contributed by atoms with E-state index in [1.165, 1.54) is 5.56 Å². The molecule has 2 rings (SSSR count). The van der Waals surface area contributed by atoms with Crippen LogP contribution in [-0.2, 0) is 6.42 Å². The maximum Gasteiger partial charge on any atom is 0.0694 e. The van der Waals surface area contributed by atoms with Crippen LogP contribution in [0.5, 0.6) is 0 Å². The number of hydrazine groups is 1. The lowest BCUT2D eigenvalue weighted by molar-refractivity contribution is -0.0757. The first-order valence-electron chi connectivity index (χ1n) is 5.93. The number of hydrogen-bond acceptors (Lipinski definition) is 3. The van der Waals surface area contributed by atoms with Crippen molar-refractivity contribution in [2.45, 2.75) is 18.9 Å². The van der Waals surface area contributed by atoms with Gasteiger partial charge in [-0.2, -0.15) is 0 Å². The molecule has 3 nitrogen and oxygen atoms in total. The van der Waals surface area contributed by atoms with Gasteiger partial charge in [0, 0.05) is 26.7 Å². The van der Waals surface area contributed by atoms with Crippen molar-refractivity contribution in [2.24, 2.45) is 0 Å². The lowest BCUT2D eigenvalue weighted by Gasteiger charge is -2.38. The molecule has 1 N–H and O–H groups in total. The summed E-state index contributed by atoms with van der Waals surface area (Å²) in [5.41, 5.74) is 1.36. The first kappa shape index (κ1) is 11.6. The second-order valence-corrected chi connectivity index (χ2v) is 4.47. The van der Waals surface area contributed by atoms with Crippen molar-refractivity contribution in [3.8, 4) is 0 Å². The molecule has 88 valence electrons. The van der Waals surface area contributed by atoms with Crippen LogP contribution in [0.15, 0.2) is 30.3 Å². The molecule has 1 aliphatic rings. The van der Waals surface area contributed by atoms with Gasteiger partial charge in [0.05, 0.1) is 6.10 Å². The Bertz CT molecular complexity index is 315. The van der Waals surface area contributed by atoms with Gasteiger partial charge in [0.25, 0.3) is 0 Å². The van der Waals surface area contributed by atoms with E-state index in [1.54, 1.807) is 0 Å². The van der Waals surface area contributed by atoms with Gasteiger partial charge >= 0.3 is 0 Å². The first-order valence-corrected chi connectivity index (χ1v) is 5.93. The minimum Gasteiger partial charge on any atom is -0.392 e.